The Balaban J connectivity index is 6.01. The van der Waals surface area contributed by atoms with Gasteiger partial charge in [0.25, 0.3) is 0 Å². The van der Waals surface area contributed by atoms with Gasteiger partial charge in [-0.2, -0.15) is 8.78 Å². The number of halogens is 2. The molecule has 0 spiro atoms. The molecule has 17 heavy (non-hydrogen) atoms. The first-order chi connectivity index (χ1) is 7.71. The lowest BCUT2D eigenvalue weighted by Gasteiger charge is -2.43. The van der Waals surface area contributed by atoms with Gasteiger partial charge in [-0.1, -0.05) is 47.3 Å². The summed E-state index contributed by atoms with van der Waals surface area (Å²) in [6.45, 7) is 12.1. The average molecular weight is 262 g/mol. The molecular weight excluding hydrogens is 238 g/mol. The van der Waals surface area contributed by atoms with E-state index in [-0.39, 0.29) is 6.61 Å². The molecule has 0 aromatic heterocycles. The lowest BCUT2D eigenvalue weighted by Crippen LogP contribution is -2.47. The van der Waals surface area contributed by atoms with Crippen molar-refractivity contribution < 1.29 is 13.9 Å². The highest BCUT2D eigenvalue weighted by Crippen LogP contribution is 2.46. The third-order valence-electron chi connectivity index (χ3n) is 3.79. The molecule has 0 heterocycles. The fourth-order valence-corrected chi connectivity index (χ4v) is 10.1. The molecule has 0 saturated carbocycles. The van der Waals surface area contributed by atoms with Crippen LogP contribution in [0.2, 0.25) is 16.6 Å². The van der Waals surface area contributed by atoms with Crippen LogP contribution in [-0.4, -0.2) is 19.8 Å². The Morgan fingerprint density at radius 3 is 1.53 bits per heavy atom. The topological polar surface area (TPSA) is 20.2 Å². The summed E-state index contributed by atoms with van der Waals surface area (Å²) < 4.78 is 25.0. The minimum Gasteiger partial charge on any atom is -0.392 e. The minimum absolute atomic E-state index is 0.302. The maximum Gasteiger partial charge on any atom is 0.312 e. The van der Waals surface area contributed by atoms with Gasteiger partial charge >= 0.3 is 6.08 Å². The van der Waals surface area contributed by atoms with Crippen LogP contribution >= 0.6 is 0 Å². The van der Waals surface area contributed by atoms with Gasteiger partial charge in [0, 0.05) is 0 Å². The monoisotopic (exact) mass is 262 g/mol. The van der Waals surface area contributed by atoms with E-state index in [1.54, 1.807) is 0 Å². The Bertz CT molecular complexity index is 290. The number of aliphatic hydroxyl groups excluding tert-OH is 1. The second-order valence-electron chi connectivity index (χ2n) is 5.42. The Morgan fingerprint density at radius 1 is 1.00 bits per heavy atom. The van der Waals surface area contributed by atoms with E-state index >= 15 is 0 Å². The molecule has 0 atom stereocenters. The Morgan fingerprint density at radius 2 is 1.35 bits per heavy atom. The van der Waals surface area contributed by atoms with Crippen LogP contribution in [0, 0.1) is 0 Å². The van der Waals surface area contributed by atoms with Crippen molar-refractivity contribution in [3.8, 4) is 0 Å². The fraction of sp³-hybridized carbons (Fsp3) is 0.769. The molecular formula is C13H24F2OSi. The van der Waals surface area contributed by atoms with E-state index in [9.17, 15) is 13.9 Å². The molecule has 0 fully saturated rings. The van der Waals surface area contributed by atoms with E-state index in [4.69, 9.17) is 0 Å². The predicted octanol–water partition coefficient (Wildman–Crippen LogP) is 4.50. The van der Waals surface area contributed by atoms with Gasteiger partial charge < -0.3 is 5.11 Å². The number of hydrogen-bond donors (Lipinski definition) is 1. The fourth-order valence-electron chi connectivity index (χ4n) is 3.44. The normalized spacial score (nSPS) is 12.2. The van der Waals surface area contributed by atoms with Crippen LogP contribution in [0.15, 0.2) is 17.0 Å². The van der Waals surface area contributed by atoms with E-state index in [1.807, 2.05) is 0 Å². The summed E-state index contributed by atoms with van der Waals surface area (Å²) in [4.78, 5) is 0. The van der Waals surface area contributed by atoms with Crippen molar-refractivity contribution in [3.63, 3.8) is 0 Å². The summed E-state index contributed by atoms with van der Waals surface area (Å²) in [7, 11) is -2.17. The SMILES string of the molecule is CC(C)[Si](C(=C=C(F)F)CO)(C(C)C)C(C)C. The molecule has 0 rings (SSSR count). The Kier molecular flexibility index (Phi) is 6.31. The maximum absolute atomic E-state index is 12.5. The van der Waals surface area contributed by atoms with Crippen molar-refractivity contribution in [2.45, 2.75) is 58.2 Å². The van der Waals surface area contributed by atoms with Crippen molar-refractivity contribution in [1.82, 2.24) is 0 Å². The molecule has 1 N–H and O–H groups in total. The van der Waals surface area contributed by atoms with Gasteiger partial charge in [0.2, 0.25) is 0 Å². The molecule has 0 radical (unpaired) electrons. The standard InChI is InChI=1S/C13H24F2OSi/c1-9(2)17(10(3)4,11(5)6)12(8-16)7-13(14)15/h9-11,16H,8H2,1-6H3. The molecule has 0 aliphatic carbocycles. The lowest BCUT2D eigenvalue weighted by atomic mass is 10.5. The molecule has 0 aliphatic heterocycles. The Labute approximate surface area is 104 Å². The van der Waals surface area contributed by atoms with Gasteiger partial charge in [-0.05, 0) is 21.8 Å². The first kappa shape index (κ1) is 16.6. The molecule has 100 valence electrons. The van der Waals surface area contributed by atoms with Crippen LogP contribution in [0.3, 0.4) is 0 Å². The van der Waals surface area contributed by atoms with Gasteiger partial charge in [0.15, 0.2) is 0 Å². The van der Waals surface area contributed by atoms with Crippen LogP contribution in [0.5, 0.6) is 0 Å². The summed E-state index contributed by atoms with van der Waals surface area (Å²) in [5, 5.41) is 9.90. The van der Waals surface area contributed by atoms with Gasteiger partial charge in [0.1, 0.15) is 8.07 Å². The van der Waals surface area contributed by atoms with Crippen LogP contribution in [0.25, 0.3) is 0 Å². The second-order valence-corrected chi connectivity index (χ2v) is 11.4. The molecule has 0 saturated heterocycles. The molecule has 0 bridgehead atoms. The van der Waals surface area contributed by atoms with Crippen molar-refractivity contribution in [1.29, 1.82) is 0 Å². The molecule has 0 aliphatic rings. The third kappa shape index (κ3) is 3.27. The van der Waals surface area contributed by atoms with Gasteiger partial charge in [-0.3, -0.25) is 0 Å². The lowest BCUT2D eigenvalue weighted by molar-refractivity contribution is 0.335. The zero-order valence-electron chi connectivity index (χ0n) is 11.6. The summed E-state index contributed by atoms with van der Waals surface area (Å²) in [5.74, 6) is 0. The van der Waals surface area contributed by atoms with Crippen molar-refractivity contribution in [3.05, 3.63) is 17.0 Å². The summed E-state index contributed by atoms with van der Waals surface area (Å²) in [6, 6.07) is 0. The average Bonchev–Trinajstić information content (AvgIpc) is 2.14. The first-order valence-corrected chi connectivity index (χ1v) is 8.36. The molecule has 0 unspecified atom stereocenters. The third-order valence-corrected chi connectivity index (χ3v) is 10.9. The Hall–Kier alpha value is -0.443. The highest BCUT2D eigenvalue weighted by atomic mass is 28.3. The number of aliphatic hydroxyl groups is 1. The summed E-state index contributed by atoms with van der Waals surface area (Å²) in [6.07, 6.45) is -1.83. The van der Waals surface area contributed by atoms with Gasteiger partial charge in [-0.25, -0.2) is 0 Å². The zero-order valence-corrected chi connectivity index (χ0v) is 12.6. The van der Waals surface area contributed by atoms with Crippen LogP contribution in [-0.2, 0) is 0 Å². The molecule has 0 aromatic rings. The maximum atomic E-state index is 12.5. The van der Waals surface area contributed by atoms with Crippen LogP contribution in [0.4, 0.5) is 8.78 Å². The van der Waals surface area contributed by atoms with Gasteiger partial charge in [-0.15, -0.1) is 0 Å². The summed E-state index contributed by atoms with van der Waals surface area (Å²) >= 11 is 0. The van der Waals surface area contributed by atoms with Crippen molar-refractivity contribution >= 4 is 8.07 Å². The molecule has 1 nitrogen and oxygen atoms in total. The number of hydrogen-bond acceptors (Lipinski definition) is 1. The minimum atomic E-state index is -2.17. The van der Waals surface area contributed by atoms with Crippen LogP contribution in [0.1, 0.15) is 41.5 Å². The number of rotatable bonds is 5. The molecule has 4 heteroatoms. The summed E-state index contributed by atoms with van der Waals surface area (Å²) in [5.41, 5.74) is 3.03. The second kappa shape index (κ2) is 6.48. The highest BCUT2D eigenvalue weighted by Gasteiger charge is 2.45. The van der Waals surface area contributed by atoms with Gasteiger partial charge in [0.05, 0.1) is 6.61 Å². The first-order valence-electron chi connectivity index (χ1n) is 6.13. The van der Waals surface area contributed by atoms with E-state index in [2.05, 4.69) is 47.3 Å². The highest BCUT2D eigenvalue weighted by molar-refractivity contribution is 6.89. The van der Waals surface area contributed by atoms with Crippen LogP contribution < -0.4 is 0 Å². The quantitative estimate of drug-likeness (QED) is 0.571. The molecule has 0 aromatic carbocycles. The smallest absolute Gasteiger partial charge is 0.312 e. The largest absolute Gasteiger partial charge is 0.392 e. The van der Waals surface area contributed by atoms with E-state index in [0.717, 1.165) is 0 Å². The predicted molar refractivity (Wildman–Crippen MR) is 70.9 cm³/mol. The van der Waals surface area contributed by atoms with E-state index < -0.39 is 14.2 Å². The zero-order chi connectivity index (χ0) is 13.8. The van der Waals surface area contributed by atoms with Crippen molar-refractivity contribution in [2.24, 2.45) is 0 Å². The van der Waals surface area contributed by atoms with E-state index in [0.29, 0.717) is 21.8 Å². The molecule has 0 amide bonds. The van der Waals surface area contributed by atoms with E-state index in [1.165, 1.54) is 0 Å². The van der Waals surface area contributed by atoms with Crippen molar-refractivity contribution in [2.75, 3.05) is 6.61 Å².